The van der Waals surface area contributed by atoms with Gasteiger partial charge in [-0.15, -0.1) is 0 Å². The predicted molar refractivity (Wildman–Crippen MR) is 87.5 cm³/mol. The minimum Gasteiger partial charge on any atom is -0.354 e. The van der Waals surface area contributed by atoms with E-state index in [1.807, 2.05) is 13.0 Å². The van der Waals surface area contributed by atoms with Crippen molar-refractivity contribution in [2.45, 2.75) is 19.4 Å². The molecule has 4 heterocycles. The Labute approximate surface area is 133 Å². The molecule has 0 aliphatic carbocycles. The lowest BCUT2D eigenvalue weighted by Gasteiger charge is -2.25. The first-order valence-electron chi connectivity index (χ1n) is 7.64. The molecule has 1 fully saturated rings. The number of aromatic nitrogens is 6. The van der Waals surface area contributed by atoms with Gasteiger partial charge in [0.15, 0.2) is 5.65 Å². The molecule has 0 amide bonds. The van der Waals surface area contributed by atoms with E-state index >= 15 is 0 Å². The van der Waals surface area contributed by atoms with Crippen molar-refractivity contribution >= 4 is 22.8 Å². The van der Waals surface area contributed by atoms with E-state index in [1.54, 1.807) is 18.7 Å². The molecule has 4 rings (SSSR count). The molecule has 0 bridgehead atoms. The highest BCUT2D eigenvalue weighted by Crippen LogP contribution is 2.27. The van der Waals surface area contributed by atoms with Crippen molar-refractivity contribution < 1.29 is 0 Å². The van der Waals surface area contributed by atoms with Crippen LogP contribution in [0.25, 0.3) is 11.0 Å². The van der Waals surface area contributed by atoms with E-state index in [9.17, 15) is 0 Å². The molecular formula is C15H18N8. The molecule has 3 aromatic rings. The summed E-state index contributed by atoms with van der Waals surface area (Å²) in [6, 6.07) is 2.27. The van der Waals surface area contributed by atoms with Crippen LogP contribution in [0.15, 0.2) is 24.8 Å². The number of rotatable bonds is 3. The van der Waals surface area contributed by atoms with Gasteiger partial charge < -0.3 is 9.80 Å². The first-order valence-corrected chi connectivity index (χ1v) is 7.64. The molecule has 1 saturated heterocycles. The minimum atomic E-state index is 0.355. The van der Waals surface area contributed by atoms with Crippen LogP contribution in [-0.2, 0) is 0 Å². The Bertz CT molecular complexity index is 829. The van der Waals surface area contributed by atoms with Crippen LogP contribution < -0.4 is 9.80 Å². The molecule has 1 aliphatic rings. The fourth-order valence-corrected chi connectivity index (χ4v) is 3.02. The summed E-state index contributed by atoms with van der Waals surface area (Å²) in [6.07, 6.45) is 6.21. The zero-order chi connectivity index (χ0) is 15.8. The number of anilines is 2. The van der Waals surface area contributed by atoms with Gasteiger partial charge in [-0.3, -0.25) is 5.10 Å². The highest BCUT2D eigenvalue weighted by molar-refractivity contribution is 5.86. The van der Waals surface area contributed by atoms with Gasteiger partial charge in [0.05, 0.1) is 17.6 Å². The van der Waals surface area contributed by atoms with E-state index in [0.29, 0.717) is 6.04 Å². The fraction of sp³-hybridized carbons (Fsp3) is 0.400. The van der Waals surface area contributed by atoms with Gasteiger partial charge in [-0.1, -0.05) is 0 Å². The maximum atomic E-state index is 4.51. The number of fused-ring (bicyclic) bond motifs is 1. The second-order valence-electron chi connectivity index (χ2n) is 5.83. The van der Waals surface area contributed by atoms with Gasteiger partial charge in [0.2, 0.25) is 5.95 Å². The van der Waals surface area contributed by atoms with Crippen molar-refractivity contribution in [3.8, 4) is 0 Å². The van der Waals surface area contributed by atoms with Crippen LogP contribution in [-0.4, -0.2) is 56.3 Å². The summed E-state index contributed by atoms with van der Waals surface area (Å²) in [7, 11) is 2.05. The molecule has 0 saturated carbocycles. The van der Waals surface area contributed by atoms with Crippen LogP contribution in [0.1, 0.15) is 12.1 Å². The van der Waals surface area contributed by atoms with Crippen LogP contribution in [0.4, 0.5) is 11.8 Å². The molecule has 0 aromatic carbocycles. The summed E-state index contributed by atoms with van der Waals surface area (Å²) >= 11 is 0. The number of hydrogen-bond donors (Lipinski definition) is 1. The average Bonchev–Trinajstić information content (AvgIpc) is 3.23. The third-order valence-electron chi connectivity index (χ3n) is 4.34. The number of nitrogens with one attached hydrogen (secondary N) is 1. The lowest BCUT2D eigenvalue weighted by atomic mass is 10.2. The van der Waals surface area contributed by atoms with Crippen LogP contribution >= 0.6 is 0 Å². The number of hydrogen-bond acceptors (Lipinski definition) is 7. The maximum absolute atomic E-state index is 4.51. The summed E-state index contributed by atoms with van der Waals surface area (Å²) < 4.78 is 0. The number of likely N-dealkylation sites (N-methyl/N-ethyl adjacent to an activating group) is 1. The summed E-state index contributed by atoms with van der Waals surface area (Å²) in [5, 5.41) is 7.91. The van der Waals surface area contributed by atoms with E-state index in [-0.39, 0.29) is 0 Å². The van der Waals surface area contributed by atoms with E-state index in [2.05, 4.69) is 47.0 Å². The van der Waals surface area contributed by atoms with E-state index in [4.69, 9.17) is 0 Å². The molecule has 1 atom stereocenters. The second-order valence-corrected chi connectivity index (χ2v) is 5.83. The number of nitrogens with zero attached hydrogens (tertiary/aromatic N) is 7. The van der Waals surface area contributed by atoms with Crippen LogP contribution in [0, 0.1) is 6.92 Å². The van der Waals surface area contributed by atoms with Gasteiger partial charge in [-0.2, -0.15) is 5.10 Å². The molecule has 23 heavy (non-hydrogen) atoms. The zero-order valence-electron chi connectivity index (χ0n) is 13.1. The molecule has 1 N–H and O–H groups in total. The van der Waals surface area contributed by atoms with Crippen molar-refractivity contribution in [3.63, 3.8) is 0 Å². The van der Waals surface area contributed by atoms with Crippen LogP contribution in [0.2, 0.25) is 0 Å². The van der Waals surface area contributed by atoms with E-state index in [1.165, 1.54) is 0 Å². The quantitative estimate of drug-likeness (QED) is 0.777. The summed E-state index contributed by atoms with van der Waals surface area (Å²) in [5.74, 6) is 1.71. The van der Waals surface area contributed by atoms with Gasteiger partial charge in [0.25, 0.3) is 0 Å². The van der Waals surface area contributed by atoms with E-state index < -0.39 is 0 Å². The molecule has 8 nitrogen and oxygen atoms in total. The van der Waals surface area contributed by atoms with Crippen molar-refractivity contribution in [2.75, 3.05) is 29.9 Å². The monoisotopic (exact) mass is 310 g/mol. The Morgan fingerprint density at radius 2 is 2.22 bits per heavy atom. The van der Waals surface area contributed by atoms with Crippen molar-refractivity contribution in [2.24, 2.45) is 0 Å². The van der Waals surface area contributed by atoms with Crippen LogP contribution in [0.5, 0.6) is 0 Å². The highest BCUT2D eigenvalue weighted by Gasteiger charge is 2.29. The van der Waals surface area contributed by atoms with Gasteiger partial charge >= 0.3 is 0 Å². The number of H-pyrrole nitrogens is 1. The summed E-state index contributed by atoms with van der Waals surface area (Å²) in [6.45, 7) is 3.81. The van der Waals surface area contributed by atoms with E-state index in [0.717, 1.165) is 48.0 Å². The average molecular weight is 310 g/mol. The normalized spacial score (nSPS) is 17.8. The lowest BCUT2D eigenvalue weighted by molar-refractivity contribution is 0.673. The summed E-state index contributed by atoms with van der Waals surface area (Å²) in [5.41, 5.74) is 1.75. The number of aryl methyl sites for hydroxylation is 1. The molecule has 1 unspecified atom stereocenters. The van der Waals surface area contributed by atoms with Crippen molar-refractivity contribution in [1.29, 1.82) is 0 Å². The van der Waals surface area contributed by atoms with Gasteiger partial charge in [0, 0.05) is 32.0 Å². The van der Waals surface area contributed by atoms with Crippen molar-refractivity contribution in [1.82, 2.24) is 30.1 Å². The van der Waals surface area contributed by atoms with Gasteiger partial charge in [0.1, 0.15) is 12.1 Å². The van der Waals surface area contributed by atoms with Gasteiger partial charge in [-0.05, 0) is 19.4 Å². The lowest BCUT2D eigenvalue weighted by Crippen LogP contribution is -2.36. The second kappa shape index (κ2) is 5.45. The van der Waals surface area contributed by atoms with Crippen molar-refractivity contribution in [3.05, 3.63) is 30.5 Å². The third-order valence-corrected chi connectivity index (χ3v) is 4.34. The third kappa shape index (κ3) is 2.45. The van der Waals surface area contributed by atoms with Gasteiger partial charge in [-0.25, -0.2) is 19.9 Å². The number of aromatic amines is 1. The predicted octanol–water partition coefficient (Wildman–Crippen LogP) is 1.17. The smallest absolute Gasteiger partial charge is 0.225 e. The first kappa shape index (κ1) is 13.9. The Hall–Kier alpha value is -2.77. The zero-order valence-corrected chi connectivity index (χ0v) is 13.1. The molecule has 118 valence electrons. The molecule has 3 aromatic heterocycles. The SMILES string of the molecule is Cc1ccnc(N(C)C2CCN(c3ncnc4[nH]ncc34)C2)n1. The molecule has 0 radical (unpaired) electrons. The molecule has 1 aliphatic heterocycles. The van der Waals surface area contributed by atoms with Crippen LogP contribution in [0.3, 0.4) is 0 Å². The summed E-state index contributed by atoms with van der Waals surface area (Å²) in [4.78, 5) is 22.0. The highest BCUT2D eigenvalue weighted by atomic mass is 15.3. The molecular weight excluding hydrogens is 292 g/mol. The maximum Gasteiger partial charge on any atom is 0.225 e. The molecule has 8 heteroatoms. The fourth-order valence-electron chi connectivity index (χ4n) is 3.02. The Balaban J connectivity index is 1.56. The first-order chi connectivity index (χ1) is 11.2. The Morgan fingerprint density at radius 3 is 3.09 bits per heavy atom. The topological polar surface area (TPSA) is 86.7 Å². The Kier molecular flexibility index (Phi) is 3.29. The standard InChI is InChI=1S/C15H18N8/c1-10-3-5-16-15(20-10)22(2)11-4-6-23(8-11)14-12-7-19-21-13(12)17-9-18-14/h3,5,7,9,11H,4,6,8H2,1-2H3,(H,17,18,19,21). The Morgan fingerprint density at radius 1 is 1.30 bits per heavy atom. The minimum absolute atomic E-state index is 0.355. The molecule has 0 spiro atoms. The largest absolute Gasteiger partial charge is 0.354 e.